The highest BCUT2D eigenvalue weighted by atomic mass is 127. The summed E-state index contributed by atoms with van der Waals surface area (Å²) in [6.45, 7) is 2.45. The fourth-order valence-corrected chi connectivity index (χ4v) is 1.16. The molecule has 0 aromatic heterocycles. The number of halogens is 1. The van der Waals surface area contributed by atoms with Crippen molar-refractivity contribution in [2.45, 2.75) is 6.92 Å². The first-order chi connectivity index (χ1) is 2.77. The molecule has 0 radical (unpaired) electrons. The molecule has 0 aliphatic heterocycles. The van der Waals surface area contributed by atoms with Crippen LogP contribution in [0.4, 0.5) is 0 Å². The Hall–Kier alpha value is 0.750. The number of nitrogens with zero attached hydrogens (tertiary/aromatic N) is 1. The fourth-order valence-electron chi connectivity index (χ4n) is 0.107. The maximum absolute atomic E-state index is 8.38. The molecule has 1 unspecified atom stereocenters. The van der Waals surface area contributed by atoms with Gasteiger partial charge in [-0.3, -0.25) is 0 Å². The van der Waals surface area contributed by atoms with E-state index in [-0.39, 0.29) is 0 Å². The average molecular weight is 219 g/mol. The molecule has 0 bridgehead atoms. The van der Waals surface area contributed by atoms with E-state index in [4.69, 9.17) is 4.61 Å². The van der Waals surface area contributed by atoms with Crippen molar-refractivity contribution in [3.05, 3.63) is 0 Å². The first-order valence-electron chi connectivity index (χ1n) is 1.55. The van der Waals surface area contributed by atoms with E-state index in [9.17, 15) is 0 Å². The van der Waals surface area contributed by atoms with E-state index in [1.165, 1.54) is 0 Å². The quantitative estimate of drug-likeness (QED) is 0.538. The third kappa shape index (κ3) is 4.75. The Balaban J connectivity index is 2.91. The molecule has 38 valence electrons. The molecule has 0 spiro atoms. The van der Waals surface area contributed by atoms with Crippen molar-refractivity contribution in [1.29, 1.82) is 4.61 Å². The molecule has 0 fully saturated rings. The van der Waals surface area contributed by atoms with Gasteiger partial charge in [-0.15, -0.1) is 0 Å². The summed E-state index contributed by atoms with van der Waals surface area (Å²) in [5.74, 6) is 0. The molecule has 0 amide bonds. The highest BCUT2D eigenvalue weighted by Crippen LogP contribution is 2.17. The van der Waals surface area contributed by atoms with Gasteiger partial charge in [-0.2, -0.15) is 4.61 Å². The highest BCUT2D eigenvalue weighted by molar-refractivity contribution is 14.2. The predicted octanol–water partition coefficient (Wildman–Crippen LogP) is 1.77. The molecular weight excluding hydrogens is 213 g/mol. The molecular formula is C2H6INOS. The fraction of sp³-hybridized carbons (Fsp3) is 1.00. The second-order valence-corrected chi connectivity index (χ2v) is 3.83. The second-order valence-electron chi connectivity index (χ2n) is 0.644. The van der Waals surface area contributed by atoms with Crippen LogP contribution in [0, 0.1) is 4.61 Å². The van der Waals surface area contributed by atoms with Crippen molar-refractivity contribution in [1.82, 2.24) is 0 Å². The minimum Gasteiger partial charge on any atom is -0.300 e. The number of hydrogen-bond acceptors (Lipinski definition) is 2. The Morgan fingerprint density at radius 1 is 2.00 bits per heavy atom. The Bertz CT molecular complexity index is 85.3. The lowest BCUT2D eigenvalue weighted by molar-refractivity contribution is 0.405. The van der Waals surface area contributed by atoms with Gasteiger partial charge in [0.1, 0.15) is 0 Å². The number of hydrogen-bond donors (Lipinski definition) is 1. The Labute approximate surface area is 51.6 Å². The van der Waals surface area contributed by atoms with Gasteiger partial charge in [-0.25, -0.2) is 0 Å². The van der Waals surface area contributed by atoms with Crippen molar-refractivity contribution < 1.29 is 4.18 Å². The zero-order valence-corrected chi connectivity index (χ0v) is 6.44. The SMILES string of the molecule is CCO[SH](#N)I. The number of thiol groups is 1. The zero-order valence-electron chi connectivity index (χ0n) is 3.39. The van der Waals surface area contributed by atoms with E-state index < -0.39 is 7.98 Å². The summed E-state index contributed by atoms with van der Waals surface area (Å²) in [7, 11) is -1.13. The minimum absolute atomic E-state index is 0.602. The summed E-state index contributed by atoms with van der Waals surface area (Å²) in [6.07, 6.45) is 0. The third-order valence-electron chi connectivity index (χ3n) is 0.236. The van der Waals surface area contributed by atoms with Crippen molar-refractivity contribution in [3.8, 4) is 0 Å². The summed E-state index contributed by atoms with van der Waals surface area (Å²) in [4.78, 5) is 0. The summed E-state index contributed by atoms with van der Waals surface area (Å²) in [6, 6.07) is 0. The molecule has 0 heterocycles. The molecule has 0 N–H and O–H groups in total. The number of rotatable bonds is 1. The normalized spacial score (nSPS) is 14.2. The molecule has 0 aliphatic rings. The standard InChI is InChI=1S/C2H6INOS/c1-2-5-6(3)4/h6H,2H2,1H3. The van der Waals surface area contributed by atoms with Crippen molar-refractivity contribution >= 4 is 29.2 Å². The summed E-state index contributed by atoms with van der Waals surface area (Å²) < 4.78 is 13.0. The van der Waals surface area contributed by atoms with Crippen molar-refractivity contribution in [2.75, 3.05) is 6.61 Å². The van der Waals surface area contributed by atoms with Gasteiger partial charge in [0, 0.05) is 21.2 Å². The van der Waals surface area contributed by atoms with E-state index in [1.54, 1.807) is 0 Å². The van der Waals surface area contributed by atoms with E-state index in [0.717, 1.165) is 0 Å². The molecule has 0 saturated heterocycles. The molecule has 0 saturated carbocycles. The van der Waals surface area contributed by atoms with Crippen molar-refractivity contribution in [2.24, 2.45) is 0 Å². The van der Waals surface area contributed by atoms with Gasteiger partial charge in [-0.05, 0) is 6.92 Å². The smallest absolute Gasteiger partial charge is 0.0836 e. The van der Waals surface area contributed by atoms with Crippen LogP contribution in [0.15, 0.2) is 0 Å². The van der Waals surface area contributed by atoms with Crippen LogP contribution >= 0.6 is 29.2 Å². The van der Waals surface area contributed by atoms with Gasteiger partial charge in [0.25, 0.3) is 0 Å². The maximum Gasteiger partial charge on any atom is 0.0836 e. The minimum atomic E-state index is -1.13. The largest absolute Gasteiger partial charge is 0.300 e. The highest BCUT2D eigenvalue weighted by Gasteiger charge is 1.73. The molecule has 0 aliphatic carbocycles. The Kier molecular flexibility index (Phi) is 4.41. The van der Waals surface area contributed by atoms with Gasteiger partial charge >= 0.3 is 0 Å². The topological polar surface area (TPSA) is 33.0 Å². The van der Waals surface area contributed by atoms with Gasteiger partial charge in [-0.1, -0.05) is 0 Å². The Morgan fingerprint density at radius 2 is 2.50 bits per heavy atom. The molecule has 4 heteroatoms. The van der Waals surface area contributed by atoms with Crippen LogP contribution in [0.3, 0.4) is 0 Å². The van der Waals surface area contributed by atoms with Crippen LogP contribution in [0.5, 0.6) is 0 Å². The predicted molar refractivity (Wildman–Crippen MR) is 36.4 cm³/mol. The first kappa shape index (κ1) is 6.75. The van der Waals surface area contributed by atoms with Gasteiger partial charge in [0.05, 0.1) is 14.6 Å². The van der Waals surface area contributed by atoms with Crippen molar-refractivity contribution in [3.63, 3.8) is 0 Å². The maximum atomic E-state index is 8.38. The van der Waals surface area contributed by atoms with Gasteiger partial charge < -0.3 is 4.18 Å². The van der Waals surface area contributed by atoms with Crippen LogP contribution < -0.4 is 0 Å². The third-order valence-corrected chi connectivity index (χ3v) is 1.54. The molecule has 6 heavy (non-hydrogen) atoms. The van der Waals surface area contributed by atoms with E-state index in [2.05, 4.69) is 4.18 Å². The van der Waals surface area contributed by atoms with E-state index >= 15 is 0 Å². The van der Waals surface area contributed by atoms with Crippen LogP contribution in [0.1, 0.15) is 6.92 Å². The monoisotopic (exact) mass is 219 g/mol. The summed E-state index contributed by atoms with van der Waals surface area (Å²) in [5.41, 5.74) is 0. The molecule has 0 rings (SSSR count). The van der Waals surface area contributed by atoms with E-state index in [0.29, 0.717) is 6.61 Å². The molecule has 0 aromatic carbocycles. The van der Waals surface area contributed by atoms with Crippen LogP contribution in [-0.4, -0.2) is 6.61 Å². The Morgan fingerprint density at radius 3 is 2.50 bits per heavy atom. The zero-order chi connectivity index (χ0) is 4.99. The summed E-state index contributed by atoms with van der Waals surface area (Å²) >= 11 is 1.84. The lowest BCUT2D eigenvalue weighted by atomic mass is 10.9. The molecule has 0 aromatic rings. The lowest BCUT2D eigenvalue weighted by Gasteiger charge is -1.86. The van der Waals surface area contributed by atoms with Gasteiger partial charge in [0.15, 0.2) is 0 Å². The first-order valence-corrected chi connectivity index (χ1v) is 5.55. The van der Waals surface area contributed by atoms with Crippen LogP contribution in [-0.2, 0) is 4.18 Å². The average Bonchev–Trinajstić information content (AvgIpc) is 1.35. The molecule has 1 atom stereocenters. The second kappa shape index (κ2) is 3.92. The van der Waals surface area contributed by atoms with Crippen LogP contribution in [0.2, 0.25) is 0 Å². The molecule has 2 nitrogen and oxygen atoms in total. The van der Waals surface area contributed by atoms with Crippen LogP contribution in [0.25, 0.3) is 0 Å². The van der Waals surface area contributed by atoms with E-state index in [1.807, 2.05) is 28.1 Å². The van der Waals surface area contributed by atoms with Gasteiger partial charge in [0.2, 0.25) is 0 Å². The summed E-state index contributed by atoms with van der Waals surface area (Å²) in [5, 5.41) is 0. The lowest BCUT2D eigenvalue weighted by Crippen LogP contribution is -1.69.